The van der Waals surface area contributed by atoms with E-state index in [0.717, 1.165) is 16.9 Å². The summed E-state index contributed by atoms with van der Waals surface area (Å²) in [7, 11) is 0. The highest BCUT2D eigenvalue weighted by Gasteiger charge is 2.05. The van der Waals surface area contributed by atoms with E-state index in [1.54, 1.807) is 28.9 Å². The van der Waals surface area contributed by atoms with Gasteiger partial charge >= 0.3 is 0 Å². The van der Waals surface area contributed by atoms with Crippen molar-refractivity contribution >= 4 is 23.2 Å². The lowest BCUT2D eigenvalue weighted by atomic mass is 10.2. The number of carbonyl (C=O) groups is 1. The zero-order valence-corrected chi connectivity index (χ0v) is 13.8. The normalized spacial score (nSPS) is 10.5. The maximum absolute atomic E-state index is 11.9. The van der Waals surface area contributed by atoms with E-state index in [9.17, 15) is 4.79 Å². The Morgan fingerprint density at radius 3 is 2.58 bits per heavy atom. The van der Waals surface area contributed by atoms with Crippen LogP contribution in [0, 0.1) is 0 Å². The Labute approximate surface area is 145 Å². The molecule has 0 atom stereocenters. The highest BCUT2D eigenvalue weighted by atomic mass is 35.5. The monoisotopic (exact) mass is 340 g/mol. The van der Waals surface area contributed by atoms with Crippen molar-refractivity contribution in [2.24, 2.45) is 0 Å². The third-order valence-electron chi connectivity index (χ3n) is 3.53. The standard InChI is InChI=1S/C18H17ClN4O/c19-15-8-10-16(11-9-15)20-18(24)7-4-12-23-13-17(21-22-23)14-5-2-1-3-6-14/h1-3,5-6,8-11,13H,4,7,12H2,(H,20,24). The van der Waals surface area contributed by atoms with Crippen LogP contribution in [0.25, 0.3) is 11.3 Å². The fourth-order valence-corrected chi connectivity index (χ4v) is 2.43. The maximum Gasteiger partial charge on any atom is 0.224 e. The van der Waals surface area contributed by atoms with Crippen molar-refractivity contribution in [2.45, 2.75) is 19.4 Å². The van der Waals surface area contributed by atoms with E-state index in [2.05, 4.69) is 15.6 Å². The van der Waals surface area contributed by atoms with Gasteiger partial charge in [-0.1, -0.05) is 47.1 Å². The quantitative estimate of drug-likeness (QED) is 0.737. The number of hydrogen-bond acceptors (Lipinski definition) is 3. The molecule has 1 N–H and O–H groups in total. The Kier molecular flexibility index (Phi) is 5.23. The highest BCUT2D eigenvalue weighted by Crippen LogP contribution is 2.15. The van der Waals surface area contributed by atoms with Gasteiger partial charge in [0.1, 0.15) is 5.69 Å². The summed E-state index contributed by atoms with van der Waals surface area (Å²) in [6.07, 6.45) is 3.01. The molecule has 0 radical (unpaired) electrons. The van der Waals surface area contributed by atoms with Crippen LogP contribution in [-0.2, 0) is 11.3 Å². The number of aryl methyl sites for hydroxylation is 1. The second kappa shape index (κ2) is 7.75. The first-order chi connectivity index (χ1) is 11.7. The van der Waals surface area contributed by atoms with Gasteiger partial charge in [-0.2, -0.15) is 0 Å². The Balaban J connectivity index is 1.47. The molecule has 0 aliphatic carbocycles. The smallest absolute Gasteiger partial charge is 0.224 e. The minimum absolute atomic E-state index is 0.0271. The van der Waals surface area contributed by atoms with E-state index in [4.69, 9.17) is 11.6 Å². The molecule has 3 aromatic rings. The van der Waals surface area contributed by atoms with E-state index in [1.807, 2.05) is 36.5 Å². The van der Waals surface area contributed by atoms with E-state index in [1.165, 1.54) is 0 Å². The van der Waals surface area contributed by atoms with Crippen LogP contribution in [0.4, 0.5) is 5.69 Å². The Bertz CT molecular complexity index is 799. The number of rotatable bonds is 6. The van der Waals surface area contributed by atoms with Crippen molar-refractivity contribution in [3.05, 3.63) is 65.8 Å². The lowest BCUT2D eigenvalue weighted by Crippen LogP contribution is -2.12. The number of amides is 1. The maximum atomic E-state index is 11.9. The molecule has 0 saturated carbocycles. The number of hydrogen-bond donors (Lipinski definition) is 1. The molecular formula is C18H17ClN4O. The lowest BCUT2D eigenvalue weighted by Gasteiger charge is -2.05. The summed E-state index contributed by atoms with van der Waals surface area (Å²) in [5, 5.41) is 11.8. The largest absolute Gasteiger partial charge is 0.326 e. The van der Waals surface area contributed by atoms with Gasteiger partial charge in [0.15, 0.2) is 0 Å². The molecule has 0 aliphatic heterocycles. The minimum Gasteiger partial charge on any atom is -0.326 e. The van der Waals surface area contributed by atoms with Gasteiger partial charge in [0.25, 0.3) is 0 Å². The minimum atomic E-state index is -0.0271. The SMILES string of the molecule is O=C(CCCn1cc(-c2ccccc2)nn1)Nc1ccc(Cl)cc1. The van der Waals surface area contributed by atoms with Crippen LogP contribution in [0.15, 0.2) is 60.8 Å². The fourth-order valence-electron chi connectivity index (χ4n) is 2.31. The summed E-state index contributed by atoms with van der Waals surface area (Å²) in [5.74, 6) is -0.0271. The summed E-state index contributed by atoms with van der Waals surface area (Å²) >= 11 is 5.82. The van der Waals surface area contributed by atoms with Crippen LogP contribution in [0.5, 0.6) is 0 Å². The van der Waals surface area contributed by atoms with Gasteiger partial charge in [-0.05, 0) is 30.7 Å². The van der Waals surface area contributed by atoms with E-state index in [0.29, 0.717) is 24.4 Å². The van der Waals surface area contributed by atoms with E-state index in [-0.39, 0.29) is 5.91 Å². The van der Waals surface area contributed by atoms with Crippen molar-refractivity contribution in [3.8, 4) is 11.3 Å². The average molecular weight is 341 g/mol. The number of nitrogens with zero attached hydrogens (tertiary/aromatic N) is 3. The summed E-state index contributed by atoms with van der Waals surface area (Å²) < 4.78 is 1.76. The average Bonchev–Trinajstić information content (AvgIpc) is 3.07. The molecule has 5 nitrogen and oxygen atoms in total. The molecule has 6 heteroatoms. The van der Waals surface area contributed by atoms with Gasteiger partial charge in [0.2, 0.25) is 5.91 Å². The van der Waals surface area contributed by atoms with Gasteiger partial charge in [-0.15, -0.1) is 5.10 Å². The zero-order valence-electron chi connectivity index (χ0n) is 13.0. The topological polar surface area (TPSA) is 59.8 Å². The van der Waals surface area contributed by atoms with Gasteiger partial charge in [-0.3, -0.25) is 9.48 Å². The first-order valence-electron chi connectivity index (χ1n) is 7.72. The summed E-state index contributed by atoms with van der Waals surface area (Å²) in [6, 6.07) is 16.9. The lowest BCUT2D eigenvalue weighted by molar-refractivity contribution is -0.116. The summed E-state index contributed by atoms with van der Waals surface area (Å²) in [4.78, 5) is 11.9. The third-order valence-corrected chi connectivity index (χ3v) is 3.78. The molecule has 24 heavy (non-hydrogen) atoms. The highest BCUT2D eigenvalue weighted by molar-refractivity contribution is 6.30. The number of halogens is 1. The van der Waals surface area contributed by atoms with Crippen LogP contribution in [0.1, 0.15) is 12.8 Å². The van der Waals surface area contributed by atoms with Crippen molar-refractivity contribution in [1.82, 2.24) is 15.0 Å². The number of carbonyl (C=O) groups excluding carboxylic acids is 1. The van der Waals surface area contributed by atoms with E-state index >= 15 is 0 Å². The summed E-state index contributed by atoms with van der Waals surface area (Å²) in [6.45, 7) is 0.647. The molecule has 2 aromatic carbocycles. The molecule has 3 rings (SSSR count). The number of anilines is 1. The second-order valence-corrected chi connectivity index (χ2v) is 5.83. The molecule has 0 spiro atoms. The van der Waals surface area contributed by atoms with Crippen molar-refractivity contribution in [1.29, 1.82) is 0 Å². The molecule has 0 aliphatic rings. The van der Waals surface area contributed by atoms with Crippen molar-refractivity contribution in [3.63, 3.8) is 0 Å². The van der Waals surface area contributed by atoms with Gasteiger partial charge < -0.3 is 5.32 Å². The number of aromatic nitrogens is 3. The van der Waals surface area contributed by atoms with Gasteiger partial charge in [0.05, 0.1) is 6.20 Å². The fraction of sp³-hybridized carbons (Fsp3) is 0.167. The molecule has 0 bridgehead atoms. The van der Waals surface area contributed by atoms with Crippen molar-refractivity contribution < 1.29 is 4.79 Å². The predicted octanol–water partition coefficient (Wildman–Crippen LogP) is 4.02. The molecular weight excluding hydrogens is 324 g/mol. The number of benzene rings is 2. The Morgan fingerprint density at radius 2 is 1.83 bits per heavy atom. The Hall–Kier alpha value is -2.66. The first-order valence-corrected chi connectivity index (χ1v) is 8.09. The molecule has 0 fully saturated rings. The molecule has 1 aromatic heterocycles. The first kappa shape index (κ1) is 16.2. The molecule has 122 valence electrons. The van der Waals surface area contributed by atoms with E-state index < -0.39 is 0 Å². The zero-order chi connectivity index (χ0) is 16.8. The third kappa shape index (κ3) is 4.43. The van der Waals surface area contributed by atoms with Crippen LogP contribution in [-0.4, -0.2) is 20.9 Å². The van der Waals surface area contributed by atoms with Gasteiger partial charge in [0, 0.05) is 29.2 Å². The second-order valence-electron chi connectivity index (χ2n) is 5.39. The van der Waals surface area contributed by atoms with Crippen LogP contribution in [0.3, 0.4) is 0 Å². The Morgan fingerprint density at radius 1 is 1.08 bits per heavy atom. The van der Waals surface area contributed by atoms with Crippen LogP contribution >= 0.6 is 11.6 Å². The molecule has 1 amide bonds. The molecule has 1 heterocycles. The van der Waals surface area contributed by atoms with Crippen LogP contribution in [0.2, 0.25) is 5.02 Å². The predicted molar refractivity (Wildman–Crippen MR) is 94.8 cm³/mol. The number of nitrogens with one attached hydrogen (secondary N) is 1. The van der Waals surface area contributed by atoms with Crippen LogP contribution < -0.4 is 5.32 Å². The molecule has 0 unspecified atom stereocenters. The molecule has 0 saturated heterocycles. The summed E-state index contributed by atoms with van der Waals surface area (Å²) in [5.41, 5.74) is 2.61. The van der Waals surface area contributed by atoms with Crippen molar-refractivity contribution in [2.75, 3.05) is 5.32 Å². The van der Waals surface area contributed by atoms with Gasteiger partial charge in [-0.25, -0.2) is 0 Å².